The first kappa shape index (κ1) is 23.3. The van der Waals surface area contributed by atoms with E-state index in [0.29, 0.717) is 25.1 Å². The van der Waals surface area contributed by atoms with Crippen molar-refractivity contribution in [3.8, 4) is 0 Å². The number of carbonyl (C=O) groups is 2. The van der Waals surface area contributed by atoms with Crippen LogP contribution in [0.2, 0.25) is 0 Å². The van der Waals surface area contributed by atoms with Gasteiger partial charge in [-0.1, -0.05) is 64.4 Å². The zero-order chi connectivity index (χ0) is 19.9. The Balaban J connectivity index is 2.15. The summed E-state index contributed by atoms with van der Waals surface area (Å²) in [4.78, 5) is 25.9. The molecule has 5 nitrogen and oxygen atoms in total. The molecule has 0 fully saturated rings. The molecule has 1 rings (SSSR count). The third kappa shape index (κ3) is 10.2. The fourth-order valence-electron chi connectivity index (χ4n) is 3.14. The number of carbonyl (C=O) groups excluding carboxylic acids is 2. The second-order valence-corrected chi connectivity index (χ2v) is 7.23. The molecule has 0 aromatic heterocycles. The zero-order valence-corrected chi connectivity index (χ0v) is 17.5. The van der Waals surface area contributed by atoms with E-state index in [1.807, 2.05) is 31.0 Å². The SMILES string of the molecule is CCCCCCCCCCCC(=O)OC(C)N1C=CC=C(C(=O)NCC)C1. The van der Waals surface area contributed by atoms with Crippen molar-refractivity contribution in [1.82, 2.24) is 10.2 Å². The van der Waals surface area contributed by atoms with Gasteiger partial charge in [-0.15, -0.1) is 0 Å². The first-order chi connectivity index (χ1) is 13.1. The highest BCUT2D eigenvalue weighted by Gasteiger charge is 2.20. The van der Waals surface area contributed by atoms with Gasteiger partial charge >= 0.3 is 5.97 Å². The van der Waals surface area contributed by atoms with Crippen molar-refractivity contribution in [1.29, 1.82) is 0 Å². The topological polar surface area (TPSA) is 58.6 Å². The van der Waals surface area contributed by atoms with Gasteiger partial charge in [-0.05, 0) is 26.3 Å². The molecule has 0 saturated heterocycles. The third-order valence-electron chi connectivity index (χ3n) is 4.81. The van der Waals surface area contributed by atoms with Crippen molar-refractivity contribution in [3.63, 3.8) is 0 Å². The molecule has 5 heteroatoms. The average molecular weight is 379 g/mol. The predicted octanol–water partition coefficient (Wildman–Crippen LogP) is 4.69. The summed E-state index contributed by atoms with van der Waals surface area (Å²) in [5.74, 6) is -0.229. The molecule has 1 heterocycles. The summed E-state index contributed by atoms with van der Waals surface area (Å²) in [5, 5.41) is 2.80. The van der Waals surface area contributed by atoms with E-state index in [-0.39, 0.29) is 18.1 Å². The molecule has 1 N–H and O–H groups in total. The molecule has 1 aliphatic heterocycles. The van der Waals surface area contributed by atoms with Gasteiger partial charge in [0.2, 0.25) is 5.91 Å². The molecular weight excluding hydrogens is 340 g/mol. The number of ether oxygens (including phenoxy) is 1. The van der Waals surface area contributed by atoms with Crippen LogP contribution in [0.4, 0.5) is 0 Å². The van der Waals surface area contributed by atoms with Crippen molar-refractivity contribution in [2.24, 2.45) is 0 Å². The van der Waals surface area contributed by atoms with E-state index in [4.69, 9.17) is 4.74 Å². The summed E-state index contributed by atoms with van der Waals surface area (Å²) >= 11 is 0. The molecule has 0 saturated carbocycles. The minimum atomic E-state index is -0.370. The largest absolute Gasteiger partial charge is 0.442 e. The lowest BCUT2D eigenvalue weighted by atomic mass is 10.1. The number of hydrogen-bond donors (Lipinski definition) is 1. The monoisotopic (exact) mass is 378 g/mol. The Kier molecular flexibility index (Phi) is 12.3. The first-order valence-corrected chi connectivity index (χ1v) is 10.7. The predicted molar refractivity (Wildman–Crippen MR) is 110 cm³/mol. The number of nitrogens with one attached hydrogen (secondary N) is 1. The first-order valence-electron chi connectivity index (χ1n) is 10.7. The summed E-state index contributed by atoms with van der Waals surface area (Å²) in [6.45, 7) is 7.03. The van der Waals surface area contributed by atoms with Gasteiger partial charge < -0.3 is 15.0 Å². The minimum Gasteiger partial charge on any atom is -0.442 e. The molecule has 0 aromatic carbocycles. The van der Waals surface area contributed by atoms with Crippen LogP contribution >= 0.6 is 0 Å². The van der Waals surface area contributed by atoms with E-state index < -0.39 is 0 Å². The van der Waals surface area contributed by atoms with Gasteiger partial charge in [0.15, 0.2) is 6.23 Å². The van der Waals surface area contributed by atoms with Crippen LogP contribution in [-0.4, -0.2) is 36.1 Å². The second-order valence-electron chi connectivity index (χ2n) is 7.23. The van der Waals surface area contributed by atoms with E-state index in [1.165, 1.54) is 44.9 Å². The lowest BCUT2D eigenvalue weighted by Gasteiger charge is -2.29. The highest BCUT2D eigenvalue weighted by Crippen LogP contribution is 2.14. The Hall–Kier alpha value is -1.78. The van der Waals surface area contributed by atoms with Crippen molar-refractivity contribution in [2.75, 3.05) is 13.1 Å². The summed E-state index contributed by atoms with van der Waals surface area (Å²) < 4.78 is 5.53. The van der Waals surface area contributed by atoms with Gasteiger partial charge in [0.25, 0.3) is 0 Å². The maximum atomic E-state index is 12.1. The van der Waals surface area contributed by atoms with Gasteiger partial charge in [-0.2, -0.15) is 0 Å². The normalized spacial score (nSPS) is 14.6. The van der Waals surface area contributed by atoms with Crippen molar-refractivity contribution in [3.05, 3.63) is 23.9 Å². The van der Waals surface area contributed by atoms with Gasteiger partial charge in [-0.25, -0.2) is 0 Å². The van der Waals surface area contributed by atoms with Crippen LogP contribution in [0, 0.1) is 0 Å². The minimum absolute atomic E-state index is 0.0694. The molecule has 0 aromatic rings. The molecule has 1 amide bonds. The van der Waals surface area contributed by atoms with Gasteiger partial charge in [0.05, 0.1) is 6.54 Å². The van der Waals surface area contributed by atoms with E-state index in [1.54, 1.807) is 6.08 Å². The average Bonchev–Trinajstić information content (AvgIpc) is 2.67. The van der Waals surface area contributed by atoms with Crippen LogP contribution in [0.15, 0.2) is 23.9 Å². The number of nitrogens with zero attached hydrogens (tertiary/aromatic N) is 1. The van der Waals surface area contributed by atoms with Crippen LogP contribution in [0.3, 0.4) is 0 Å². The Bertz CT molecular complexity index is 500. The maximum absolute atomic E-state index is 12.1. The smallest absolute Gasteiger partial charge is 0.307 e. The Morgan fingerprint density at radius 3 is 2.33 bits per heavy atom. The van der Waals surface area contributed by atoms with Gasteiger partial charge in [0.1, 0.15) is 0 Å². The molecular formula is C22H38N2O3. The molecule has 1 atom stereocenters. The lowest BCUT2D eigenvalue weighted by molar-refractivity contribution is -0.155. The van der Waals surface area contributed by atoms with Crippen LogP contribution in [0.1, 0.15) is 85.0 Å². The molecule has 154 valence electrons. The molecule has 0 spiro atoms. The zero-order valence-electron chi connectivity index (χ0n) is 17.5. The lowest BCUT2D eigenvalue weighted by Crippen LogP contribution is -2.38. The second kappa shape index (κ2) is 14.3. The fourth-order valence-corrected chi connectivity index (χ4v) is 3.14. The quantitative estimate of drug-likeness (QED) is 0.352. The molecule has 1 aliphatic rings. The standard InChI is InChI=1S/C22H38N2O3/c1-4-6-7-8-9-10-11-12-13-16-21(25)27-19(3)24-17-14-15-20(18-24)22(26)23-5-2/h14-15,17,19H,4-13,16,18H2,1-3H3,(H,23,26). The summed E-state index contributed by atoms with van der Waals surface area (Å²) in [6.07, 6.45) is 16.7. The third-order valence-corrected chi connectivity index (χ3v) is 4.81. The summed E-state index contributed by atoms with van der Waals surface area (Å²) in [5.41, 5.74) is 0.682. The fraction of sp³-hybridized carbons (Fsp3) is 0.727. The van der Waals surface area contributed by atoms with E-state index in [9.17, 15) is 9.59 Å². The van der Waals surface area contributed by atoms with Crippen molar-refractivity contribution < 1.29 is 14.3 Å². The Labute approximate surface area is 165 Å². The van der Waals surface area contributed by atoms with Crippen LogP contribution in [0.25, 0.3) is 0 Å². The molecule has 0 bridgehead atoms. The van der Waals surface area contributed by atoms with Gasteiger partial charge in [0, 0.05) is 24.7 Å². The van der Waals surface area contributed by atoms with Gasteiger partial charge in [-0.3, -0.25) is 9.59 Å². The van der Waals surface area contributed by atoms with Crippen molar-refractivity contribution >= 4 is 11.9 Å². The molecule has 27 heavy (non-hydrogen) atoms. The highest BCUT2D eigenvalue weighted by molar-refractivity contribution is 5.94. The number of rotatable bonds is 14. The number of hydrogen-bond acceptors (Lipinski definition) is 4. The Morgan fingerprint density at radius 2 is 1.70 bits per heavy atom. The number of allylic oxidation sites excluding steroid dienone is 2. The van der Waals surface area contributed by atoms with E-state index >= 15 is 0 Å². The molecule has 0 aliphatic carbocycles. The Morgan fingerprint density at radius 1 is 1.07 bits per heavy atom. The van der Waals surface area contributed by atoms with E-state index in [0.717, 1.165) is 12.8 Å². The number of esters is 1. The highest BCUT2D eigenvalue weighted by atomic mass is 16.6. The summed E-state index contributed by atoms with van der Waals surface area (Å²) in [7, 11) is 0. The van der Waals surface area contributed by atoms with Crippen LogP contribution in [0.5, 0.6) is 0 Å². The number of likely N-dealkylation sites (N-methyl/N-ethyl adjacent to an activating group) is 1. The summed E-state index contributed by atoms with van der Waals surface area (Å²) in [6, 6.07) is 0. The van der Waals surface area contributed by atoms with Crippen LogP contribution in [-0.2, 0) is 14.3 Å². The van der Waals surface area contributed by atoms with Crippen molar-refractivity contribution in [2.45, 2.75) is 91.2 Å². The number of unbranched alkanes of at least 4 members (excludes halogenated alkanes) is 8. The molecule has 0 radical (unpaired) electrons. The maximum Gasteiger partial charge on any atom is 0.307 e. The van der Waals surface area contributed by atoms with E-state index in [2.05, 4.69) is 12.2 Å². The number of amides is 1. The van der Waals surface area contributed by atoms with Crippen LogP contribution < -0.4 is 5.32 Å². The molecule has 1 unspecified atom stereocenters.